The fourth-order valence-electron chi connectivity index (χ4n) is 2.05. The van der Waals surface area contributed by atoms with Crippen molar-refractivity contribution in [1.82, 2.24) is 15.1 Å². The van der Waals surface area contributed by atoms with Crippen LogP contribution in [0, 0.1) is 0 Å². The number of rotatable bonds is 5. The van der Waals surface area contributed by atoms with Crippen LogP contribution in [-0.4, -0.2) is 65.7 Å². The van der Waals surface area contributed by atoms with Gasteiger partial charge in [0.1, 0.15) is 6.04 Å². The number of carbonyl (C=O) groups is 2. The highest BCUT2D eigenvalue weighted by molar-refractivity contribution is 5.82. The average Bonchev–Trinajstić information content (AvgIpc) is 2.38. The summed E-state index contributed by atoms with van der Waals surface area (Å²) in [7, 11) is 0. The third-order valence-corrected chi connectivity index (χ3v) is 3.28. The van der Waals surface area contributed by atoms with Crippen LogP contribution < -0.4 is 5.32 Å². The minimum atomic E-state index is -0.961. The lowest BCUT2D eigenvalue weighted by atomic mass is 10.2. The number of carboxylic acid groups (broad SMARTS) is 1. The van der Waals surface area contributed by atoms with Gasteiger partial charge in [0.05, 0.1) is 0 Å². The van der Waals surface area contributed by atoms with Gasteiger partial charge in [0.15, 0.2) is 0 Å². The number of aliphatic carboxylic acids is 1. The van der Waals surface area contributed by atoms with Crippen molar-refractivity contribution in [3.63, 3.8) is 0 Å². The Morgan fingerprint density at radius 1 is 1.22 bits per heavy atom. The van der Waals surface area contributed by atoms with Crippen LogP contribution in [0.2, 0.25) is 0 Å². The second-order valence-corrected chi connectivity index (χ2v) is 4.55. The highest BCUT2D eigenvalue weighted by atomic mass is 16.4. The third kappa shape index (κ3) is 4.18. The molecule has 1 saturated heterocycles. The van der Waals surface area contributed by atoms with Crippen molar-refractivity contribution < 1.29 is 14.7 Å². The van der Waals surface area contributed by atoms with Crippen LogP contribution >= 0.6 is 0 Å². The Bertz CT molecular complexity index is 288. The summed E-state index contributed by atoms with van der Waals surface area (Å²) in [4.78, 5) is 26.8. The number of nitrogens with zero attached hydrogens (tertiary/aromatic N) is 2. The van der Waals surface area contributed by atoms with E-state index in [9.17, 15) is 9.59 Å². The smallest absolute Gasteiger partial charge is 0.326 e. The number of carbonyl (C=O) groups excluding carboxylic acids is 1. The lowest BCUT2D eigenvalue weighted by Gasteiger charge is -2.34. The van der Waals surface area contributed by atoms with Gasteiger partial charge in [-0.3, -0.25) is 0 Å². The predicted molar refractivity (Wildman–Crippen MR) is 68.6 cm³/mol. The molecule has 0 unspecified atom stereocenters. The van der Waals surface area contributed by atoms with Gasteiger partial charge in [-0.25, -0.2) is 9.59 Å². The van der Waals surface area contributed by atoms with E-state index in [0.717, 1.165) is 26.1 Å². The molecule has 0 spiro atoms. The van der Waals surface area contributed by atoms with Gasteiger partial charge < -0.3 is 20.2 Å². The zero-order chi connectivity index (χ0) is 13.5. The van der Waals surface area contributed by atoms with Gasteiger partial charge in [-0.15, -0.1) is 0 Å². The zero-order valence-corrected chi connectivity index (χ0v) is 11.2. The number of amides is 2. The first-order chi connectivity index (χ1) is 8.58. The molecular formula is C12H23N3O3. The van der Waals surface area contributed by atoms with Gasteiger partial charge in [0.25, 0.3) is 0 Å². The molecule has 2 N–H and O–H groups in total. The summed E-state index contributed by atoms with van der Waals surface area (Å²) in [5.74, 6) is -0.961. The van der Waals surface area contributed by atoms with Crippen molar-refractivity contribution >= 4 is 12.0 Å². The van der Waals surface area contributed by atoms with Crippen LogP contribution in [0.25, 0.3) is 0 Å². The maximum atomic E-state index is 11.9. The fraction of sp³-hybridized carbons (Fsp3) is 0.833. The number of urea groups is 1. The molecule has 1 aliphatic rings. The van der Waals surface area contributed by atoms with Crippen molar-refractivity contribution in [1.29, 1.82) is 0 Å². The first-order valence-corrected chi connectivity index (χ1v) is 6.59. The van der Waals surface area contributed by atoms with Crippen LogP contribution in [0.5, 0.6) is 0 Å². The molecule has 0 aliphatic carbocycles. The maximum Gasteiger partial charge on any atom is 0.326 e. The van der Waals surface area contributed by atoms with Crippen molar-refractivity contribution in [3.05, 3.63) is 0 Å². The van der Waals surface area contributed by atoms with E-state index in [0.29, 0.717) is 19.5 Å². The molecule has 0 aromatic carbocycles. The number of piperazine rings is 1. The molecule has 6 nitrogen and oxygen atoms in total. The van der Waals surface area contributed by atoms with Gasteiger partial charge in [-0.2, -0.15) is 0 Å². The van der Waals surface area contributed by atoms with E-state index < -0.39 is 12.0 Å². The van der Waals surface area contributed by atoms with E-state index in [4.69, 9.17) is 5.11 Å². The topological polar surface area (TPSA) is 72.9 Å². The standard InChI is InChI=1S/C12H23N3O3/c1-3-5-10(11(16)17)13-12(18)15-8-6-14(4-2)7-9-15/h10H,3-9H2,1-2H3,(H,13,18)(H,16,17)/t10-/m1/s1. The van der Waals surface area contributed by atoms with Crippen molar-refractivity contribution in [2.24, 2.45) is 0 Å². The maximum absolute atomic E-state index is 11.9. The highest BCUT2D eigenvalue weighted by Crippen LogP contribution is 2.03. The first-order valence-electron chi connectivity index (χ1n) is 6.59. The fourth-order valence-corrected chi connectivity index (χ4v) is 2.05. The molecule has 1 fully saturated rings. The van der Waals surface area contributed by atoms with Crippen LogP contribution in [0.4, 0.5) is 4.79 Å². The lowest BCUT2D eigenvalue weighted by Crippen LogP contribution is -2.54. The monoisotopic (exact) mass is 257 g/mol. The Hall–Kier alpha value is -1.30. The second-order valence-electron chi connectivity index (χ2n) is 4.55. The molecule has 6 heteroatoms. The van der Waals surface area contributed by atoms with Crippen LogP contribution in [0.15, 0.2) is 0 Å². The molecule has 0 bridgehead atoms. The van der Waals surface area contributed by atoms with Gasteiger partial charge >= 0.3 is 12.0 Å². The molecule has 0 saturated carbocycles. The molecule has 104 valence electrons. The quantitative estimate of drug-likeness (QED) is 0.756. The van der Waals surface area contributed by atoms with Crippen molar-refractivity contribution in [2.75, 3.05) is 32.7 Å². The molecule has 2 amide bonds. The molecule has 18 heavy (non-hydrogen) atoms. The second kappa shape index (κ2) is 7.20. The number of hydrogen-bond donors (Lipinski definition) is 2. The summed E-state index contributed by atoms with van der Waals surface area (Å²) in [6, 6.07) is -1.03. The first kappa shape index (κ1) is 14.8. The van der Waals surface area contributed by atoms with E-state index in [1.807, 2.05) is 6.92 Å². The molecule has 1 rings (SSSR count). The number of hydrogen-bond acceptors (Lipinski definition) is 3. The minimum Gasteiger partial charge on any atom is -0.480 e. The Balaban J connectivity index is 2.42. The van der Waals surface area contributed by atoms with Gasteiger partial charge in [0, 0.05) is 26.2 Å². The van der Waals surface area contributed by atoms with Crippen molar-refractivity contribution in [3.8, 4) is 0 Å². The number of nitrogens with one attached hydrogen (secondary N) is 1. The predicted octanol–water partition coefficient (Wildman–Crippen LogP) is 0.587. The van der Waals surface area contributed by atoms with Gasteiger partial charge in [0.2, 0.25) is 0 Å². The normalized spacial score (nSPS) is 18.4. The van der Waals surface area contributed by atoms with E-state index in [-0.39, 0.29) is 6.03 Å². The molecule has 1 heterocycles. The van der Waals surface area contributed by atoms with E-state index in [1.165, 1.54) is 0 Å². The Kier molecular flexibility index (Phi) is 5.91. The molecule has 0 aromatic rings. The largest absolute Gasteiger partial charge is 0.480 e. The summed E-state index contributed by atoms with van der Waals surface area (Å²) in [6.07, 6.45) is 1.21. The van der Waals surface area contributed by atoms with E-state index >= 15 is 0 Å². The van der Waals surface area contributed by atoms with E-state index in [2.05, 4.69) is 17.1 Å². The third-order valence-electron chi connectivity index (χ3n) is 3.28. The SMILES string of the molecule is CCC[C@@H](NC(=O)N1CCN(CC)CC1)C(=O)O. The Morgan fingerprint density at radius 3 is 2.28 bits per heavy atom. The van der Waals surface area contributed by atoms with Gasteiger partial charge in [-0.05, 0) is 13.0 Å². The van der Waals surface area contributed by atoms with Crippen LogP contribution in [0.1, 0.15) is 26.7 Å². The lowest BCUT2D eigenvalue weighted by molar-refractivity contribution is -0.139. The number of likely N-dealkylation sites (N-methyl/N-ethyl adjacent to an activating group) is 1. The van der Waals surface area contributed by atoms with Crippen LogP contribution in [0.3, 0.4) is 0 Å². The zero-order valence-electron chi connectivity index (χ0n) is 11.2. The summed E-state index contributed by atoms with van der Waals surface area (Å²) < 4.78 is 0. The Morgan fingerprint density at radius 2 is 1.83 bits per heavy atom. The number of carboxylic acids is 1. The van der Waals surface area contributed by atoms with Crippen LogP contribution in [-0.2, 0) is 4.79 Å². The summed E-state index contributed by atoms with van der Waals surface area (Å²) in [5.41, 5.74) is 0. The molecular weight excluding hydrogens is 234 g/mol. The van der Waals surface area contributed by atoms with E-state index in [1.54, 1.807) is 4.90 Å². The van der Waals surface area contributed by atoms with Crippen molar-refractivity contribution in [2.45, 2.75) is 32.7 Å². The summed E-state index contributed by atoms with van der Waals surface area (Å²) in [6.45, 7) is 8.03. The molecule has 1 atom stereocenters. The highest BCUT2D eigenvalue weighted by Gasteiger charge is 2.24. The molecule has 1 aliphatic heterocycles. The summed E-state index contributed by atoms with van der Waals surface area (Å²) in [5, 5.41) is 11.6. The molecule has 0 radical (unpaired) electrons. The molecule has 0 aromatic heterocycles. The van der Waals surface area contributed by atoms with Gasteiger partial charge in [-0.1, -0.05) is 20.3 Å². The minimum absolute atomic E-state index is 0.258. The Labute approximate surface area is 108 Å². The average molecular weight is 257 g/mol. The summed E-state index contributed by atoms with van der Waals surface area (Å²) >= 11 is 0.